The van der Waals surface area contributed by atoms with E-state index in [0.29, 0.717) is 17.9 Å². The lowest BCUT2D eigenvalue weighted by Crippen LogP contribution is -2.20. The van der Waals surface area contributed by atoms with Crippen molar-refractivity contribution < 1.29 is 19.4 Å². The van der Waals surface area contributed by atoms with Gasteiger partial charge in [-0.25, -0.2) is 4.79 Å². The number of carboxylic acid groups (broad SMARTS) is 1. The molecule has 0 heterocycles. The first-order chi connectivity index (χ1) is 8.97. The van der Waals surface area contributed by atoms with Gasteiger partial charge in [0, 0.05) is 18.7 Å². The lowest BCUT2D eigenvalue weighted by Gasteiger charge is -2.12. The van der Waals surface area contributed by atoms with Crippen LogP contribution in [-0.4, -0.2) is 24.1 Å². The molecule has 0 saturated carbocycles. The van der Waals surface area contributed by atoms with Crippen LogP contribution in [0.5, 0.6) is 0 Å². The summed E-state index contributed by atoms with van der Waals surface area (Å²) in [6, 6.07) is 4.70. The molecule has 1 aromatic rings. The Balaban J connectivity index is 2.99. The van der Waals surface area contributed by atoms with E-state index >= 15 is 0 Å². The minimum atomic E-state index is -1.03. The van der Waals surface area contributed by atoms with E-state index in [1.165, 1.54) is 19.2 Å². The molecule has 1 unspecified atom stereocenters. The summed E-state index contributed by atoms with van der Waals surface area (Å²) in [5.41, 5.74) is 1.33. The van der Waals surface area contributed by atoms with E-state index in [-0.39, 0.29) is 17.4 Å². The van der Waals surface area contributed by atoms with Crippen LogP contribution in [0.25, 0.3) is 0 Å². The zero-order chi connectivity index (χ0) is 14.4. The lowest BCUT2D eigenvalue weighted by molar-refractivity contribution is -0.119. The first kappa shape index (κ1) is 15.2. The number of nitrogens with one attached hydrogen (secondary N) is 1. The fourth-order valence-electron chi connectivity index (χ4n) is 1.59. The topological polar surface area (TPSA) is 75.6 Å². The van der Waals surface area contributed by atoms with Gasteiger partial charge in [0.15, 0.2) is 0 Å². The number of hydrogen-bond donors (Lipinski definition) is 2. The number of anilines is 1. The number of carbonyl (C=O) groups is 2. The molecule has 0 fully saturated rings. The van der Waals surface area contributed by atoms with Crippen LogP contribution in [0.2, 0.25) is 0 Å². The summed E-state index contributed by atoms with van der Waals surface area (Å²) in [4.78, 5) is 22.8. The van der Waals surface area contributed by atoms with Crippen molar-refractivity contribution in [2.45, 2.75) is 26.9 Å². The number of amides is 1. The third-order valence-electron chi connectivity index (χ3n) is 2.88. The molecule has 5 nitrogen and oxygen atoms in total. The van der Waals surface area contributed by atoms with Crippen LogP contribution in [-0.2, 0) is 16.1 Å². The predicted molar refractivity (Wildman–Crippen MR) is 72.2 cm³/mol. The molecule has 1 amide bonds. The molecular formula is C14H19NO4. The van der Waals surface area contributed by atoms with Crippen molar-refractivity contribution in [1.82, 2.24) is 0 Å². The second-order valence-corrected chi connectivity index (χ2v) is 4.46. The molecule has 0 aliphatic rings. The van der Waals surface area contributed by atoms with Crippen molar-refractivity contribution in [2.75, 3.05) is 12.4 Å². The number of ether oxygens (including phenoxy) is 1. The van der Waals surface area contributed by atoms with Crippen molar-refractivity contribution in [1.29, 1.82) is 0 Å². The monoisotopic (exact) mass is 265 g/mol. The number of carboxylic acids is 1. The van der Waals surface area contributed by atoms with Crippen LogP contribution in [0.1, 0.15) is 36.2 Å². The standard InChI is InChI=1S/C14H19NO4/c1-4-9(2)13(16)15-12-6-10(8-19-3)5-11(7-12)14(17)18/h5-7,9H,4,8H2,1-3H3,(H,15,16)(H,17,18). The van der Waals surface area contributed by atoms with Gasteiger partial charge in [0.25, 0.3) is 0 Å². The highest BCUT2D eigenvalue weighted by molar-refractivity contribution is 5.95. The molecule has 19 heavy (non-hydrogen) atoms. The Hall–Kier alpha value is -1.88. The van der Waals surface area contributed by atoms with Gasteiger partial charge in [-0.1, -0.05) is 13.8 Å². The molecule has 5 heteroatoms. The largest absolute Gasteiger partial charge is 0.478 e. The summed E-state index contributed by atoms with van der Waals surface area (Å²) < 4.78 is 4.99. The van der Waals surface area contributed by atoms with Gasteiger partial charge in [0.05, 0.1) is 12.2 Å². The Morgan fingerprint density at radius 2 is 2.05 bits per heavy atom. The highest BCUT2D eigenvalue weighted by Crippen LogP contribution is 2.17. The molecule has 0 saturated heterocycles. The normalized spacial score (nSPS) is 11.9. The van der Waals surface area contributed by atoms with Gasteiger partial charge in [-0.05, 0) is 30.2 Å². The Morgan fingerprint density at radius 1 is 1.37 bits per heavy atom. The molecule has 0 aromatic heterocycles. The minimum absolute atomic E-state index is 0.112. The quantitative estimate of drug-likeness (QED) is 0.828. The average Bonchev–Trinajstić information content (AvgIpc) is 2.37. The van der Waals surface area contributed by atoms with E-state index in [1.54, 1.807) is 6.07 Å². The molecule has 104 valence electrons. The number of methoxy groups -OCH3 is 1. The van der Waals surface area contributed by atoms with Crippen LogP contribution in [0.4, 0.5) is 5.69 Å². The van der Waals surface area contributed by atoms with E-state index in [1.807, 2.05) is 13.8 Å². The molecule has 1 rings (SSSR count). The average molecular weight is 265 g/mol. The maximum Gasteiger partial charge on any atom is 0.335 e. The molecule has 0 aliphatic heterocycles. The summed E-state index contributed by atoms with van der Waals surface area (Å²) in [6.45, 7) is 4.05. The van der Waals surface area contributed by atoms with E-state index < -0.39 is 5.97 Å². The second-order valence-electron chi connectivity index (χ2n) is 4.46. The zero-order valence-electron chi connectivity index (χ0n) is 11.4. The van der Waals surface area contributed by atoms with Crippen molar-refractivity contribution >= 4 is 17.6 Å². The molecule has 0 spiro atoms. The van der Waals surface area contributed by atoms with E-state index in [0.717, 1.165) is 6.42 Å². The van der Waals surface area contributed by atoms with Gasteiger partial charge in [-0.15, -0.1) is 0 Å². The third-order valence-corrected chi connectivity index (χ3v) is 2.88. The molecule has 1 atom stereocenters. The third kappa shape index (κ3) is 4.37. The van der Waals surface area contributed by atoms with Crippen molar-refractivity contribution in [3.8, 4) is 0 Å². The summed E-state index contributed by atoms with van der Waals surface area (Å²) in [7, 11) is 1.53. The highest BCUT2D eigenvalue weighted by atomic mass is 16.5. The van der Waals surface area contributed by atoms with Gasteiger partial charge in [-0.3, -0.25) is 4.79 Å². The van der Waals surface area contributed by atoms with Crippen LogP contribution < -0.4 is 5.32 Å². The number of benzene rings is 1. The lowest BCUT2D eigenvalue weighted by atomic mass is 10.1. The molecule has 0 aliphatic carbocycles. The van der Waals surface area contributed by atoms with Crippen molar-refractivity contribution in [2.24, 2.45) is 5.92 Å². The molecule has 0 radical (unpaired) electrons. The molecule has 2 N–H and O–H groups in total. The highest BCUT2D eigenvalue weighted by Gasteiger charge is 2.13. The van der Waals surface area contributed by atoms with Crippen molar-refractivity contribution in [3.05, 3.63) is 29.3 Å². The number of carbonyl (C=O) groups excluding carboxylic acids is 1. The Kier molecular flexibility index (Phi) is 5.51. The van der Waals surface area contributed by atoms with Crippen LogP contribution in [0, 0.1) is 5.92 Å². The van der Waals surface area contributed by atoms with Gasteiger partial charge >= 0.3 is 5.97 Å². The predicted octanol–water partition coefficient (Wildman–Crippen LogP) is 2.52. The van der Waals surface area contributed by atoms with E-state index in [2.05, 4.69) is 5.32 Å². The number of hydrogen-bond acceptors (Lipinski definition) is 3. The summed E-state index contributed by atoms with van der Waals surface area (Å²) in [5, 5.41) is 11.8. The van der Waals surface area contributed by atoms with Crippen LogP contribution in [0.15, 0.2) is 18.2 Å². The zero-order valence-corrected chi connectivity index (χ0v) is 11.4. The maximum absolute atomic E-state index is 11.8. The maximum atomic E-state index is 11.8. The first-order valence-electron chi connectivity index (χ1n) is 6.15. The van der Waals surface area contributed by atoms with Crippen molar-refractivity contribution in [3.63, 3.8) is 0 Å². The van der Waals surface area contributed by atoms with Crippen LogP contribution >= 0.6 is 0 Å². The van der Waals surface area contributed by atoms with Gasteiger partial charge < -0.3 is 15.2 Å². The Bertz CT molecular complexity index is 471. The molecular weight excluding hydrogens is 246 g/mol. The first-order valence-corrected chi connectivity index (χ1v) is 6.15. The minimum Gasteiger partial charge on any atom is -0.478 e. The Labute approximate surface area is 112 Å². The fourth-order valence-corrected chi connectivity index (χ4v) is 1.59. The smallest absolute Gasteiger partial charge is 0.335 e. The van der Waals surface area contributed by atoms with Gasteiger partial charge in [-0.2, -0.15) is 0 Å². The van der Waals surface area contributed by atoms with Crippen LogP contribution in [0.3, 0.4) is 0 Å². The Morgan fingerprint density at radius 3 is 2.58 bits per heavy atom. The van der Waals surface area contributed by atoms with E-state index in [4.69, 9.17) is 9.84 Å². The van der Waals surface area contributed by atoms with E-state index in [9.17, 15) is 9.59 Å². The summed E-state index contributed by atoms with van der Waals surface area (Å²) in [5.74, 6) is -1.26. The fraction of sp³-hybridized carbons (Fsp3) is 0.429. The van der Waals surface area contributed by atoms with Gasteiger partial charge in [0.2, 0.25) is 5.91 Å². The molecule has 0 bridgehead atoms. The number of aromatic carboxylic acids is 1. The summed E-state index contributed by atoms with van der Waals surface area (Å²) in [6.07, 6.45) is 0.732. The number of rotatable bonds is 6. The summed E-state index contributed by atoms with van der Waals surface area (Å²) >= 11 is 0. The SMILES string of the molecule is CCC(C)C(=O)Nc1cc(COC)cc(C(=O)O)c1. The second kappa shape index (κ2) is 6.89. The molecule has 1 aromatic carbocycles. The van der Waals surface area contributed by atoms with Gasteiger partial charge in [0.1, 0.15) is 0 Å².